The van der Waals surface area contributed by atoms with Crippen molar-refractivity contribution in [2.24, 2.45) is 0 Å². The average Bonchev–Trinajstić information content (AvgIpc) is 2.27. The van der Waals surface area contributed by atoms with Crippen LogP contribution in [0.5, 0.6) is 0 Å². The Balaban J connectivity index is 1.90. The molecule has 5 nitrogen and oxygen atoms in total. The number of benzene rings is 1. The van der Waals surface area contributed by atoms with Crippen molar-refractivity contribution in [2.45, 2.75) is 19.4 Å². The second-order valence-corrected chi connectivity index (χ2v) is 4.51. The quantitative estimate of drug-likeness (QED) is 0.813. The maximum atomic E-state index is 11.7. The lowest BCUT2D eigenvalue weighted by Crippen LogP contribution is -2.53. The molecular formula is C13H16N2O3. The highest BCUT2D eigenvalue weighted by molar-refractivity contribution is 5.88. The topological polar surface area (TPSA) is 69.6 Å². The number of β-amino-alcohol motifs (C(OH)–C–C–N with tert-alkyl or cyclic N) is 1. The van der Waals surface area contributed by atoms with Gasteiger partial charge in [-0.2, -0.15) is 0 Å². The molecule has 0 saturated carbocycles. The Hall–Kier alpha value is -1.88. The Morgan fingerprint density at radius 2 is 1.94 bits per heavy atom. The van der Waals surface area contributed by atoms with Crippen LogP contribution in [-0.2, 0) is 16.0 Å². The maximum absolute atomic E-state index is 11.7. The number of amides is 2. The molecule has 1 aliphatic heterocycles. The number of aliphatic hydroxyl groups excluding tert-OH is 1. The SMILES string of the molecule is CC(=O)Nc1ccc(CC(=O)N2CC(O)C2)cc1. The standard InChI is InChI=1S/C13H16N2O3/c1-9(16)14-11-4-2-10(3-5-11)6-13(18)15-7-12(17)8-15/h2-5,12,17H,6-8H2,1H3,(H,14,16). The second kappa shape index (κ2) is 5.18. The maximum Gasteiger partial charge on any atom is 0.227 e. The van der Waals surface area contributed by atoms with Gasteiger partial charge in [0.15, 0.2) is 0 Å². The molecule has 2 rings (SSSR count). The van der Waals surface area contributed by atoms with E-state index in [0.29, 0.717) is 19.5 Å². The summed E-state index contributed by atoms with van der Waals surface area (Å²) in [7, 11) is 0. The number of anilines is 1. The smallest absolute Gasteiger partial charge is 0.227 e. The lowest BCUT2D eigenvalue weighted by molar-refractivity contribution is -0.140. The lowest BCUT2D eigenvalue weighted by Gasteiger charge is -2.35. The largest absolute Gasteiger partial charge is 0.389 e. The van der Waals surface area contributed by atoms with Gasteiger partial charge in [-0.15, -0.1) is 0 Å². The molecule has 5 heteroatoms. The van der Waals surface area contributed by atoms with Crippen LogP contribution in [0.2, 0.25) is 0 Å². The molecule has 0 atom stereocenters. The molecule has 18 heavy (non-hydrogen) atoms. The number of hydrogen-bond acceptors (Lipinski definition) is 3. The van der Waals surface area contributed by atoms with E-state index in [2.05, 4.69) is 5.32 Å². The van der Waals surface area contributed by atoms with Crippen LogP contribution in [0, 0.1) is 0 Å². The van der Waals surface area contributed by atoms with Crippen molar-refractivity contribution in [2.75, 3.05) is 18.4 Å². The summed E-state index contributed by atoms with van der Waals surface area (Å²) in [5.74, 6) is -0.0963. The highest BCUT2D eigenvalue weighted by Gasteiger charge is 2.28. The highest BCUT2D eigenvalue weighted by atomic mass is 16.3. The highest BCUT2D eigenvalue weighted by Crippen LogP contribution is 2.13. The van der Waals surface area contributed by atoms with Gasteiger partial charge in [0.1, 0.15) is 0 Å². The number of likely N-dealkylation sites (tertiary alicyclic amines) is 1. The summed E-state index contributed by atoms with van der Waals surface area (Å²) in [6, 6.07) is 7.18. The van der Waals surface area contributed by atoms with Gasteiger partial charge >= 0.3 is 0 Å². The van der Waals surface area contributed by atoms with Gasteiger partial charge in [0.05, 0.1) is 12.5 Å². The van der Waals surface area contributed by atoms with Crippen molar-refractivity contribution in [1.82, 2.24) is 4.90 Å². The second-order valence-electron chi connectivity index (χ2n) is 4.51. The third-order valence-electron chi connectivity index (χ3n) is 2.84. The molecule has 0 spiro atoms. The fraction of sp³-hybridized carbons (Fsp3) is 0.385. The van der Waals surface area contributed by atoms with Gasteiger partial charge in [-0.3, -0.25) is 9.59 Å². The molecule has 0 aliphatic carbocycles. The van der Waals surface area contributed by atoms with Crippen molar-refractivity contribution in [3.8, 4) is 0 Å². The van der Waals surface area contributed by atoms with E-state index < -0.39 is 0 Å². The molecular weight excluding hydrogens is 232 g/mol. The Morgan fingerprint density at radius 3 is 2.44 bits per heavy atom. The van der Waals surface area contributed by atoms with E-state index in [0.717, 1.165) is 11.3 Å². The minimum absolute atomic E-state index is 0.0209. The molecule has 0 aromatic heterocycles. The van der Waals surface area contributed by atoms with E-state index in [1.54, 1.807) is 17.0 Å². The zero-order valence-electron chi connectivity index (χ0n) is 10.2. The molecule has 1 aromatic rings. The molecule has 2 amide bonds. The van der Waals surface area contributed by atoms with Crippen LogP contribution >= 0.6 is 0 Å². The summed E-state index contributed by atoms with van der Waals surface area (Å²) in [4.78, 5) is 24.2. The van der Waals surface area contributed by atoms with Gasteiger partial charge < -0.3 is 15.3 Å². The molecule has 0 unspecified atom stereocenters. The number of nitrogens with zero attached hydrogens (tertiary/aromatic N) is 1. The first-order valence-electron chi connectivity index (χ1n) is 5.87. The van der Waals surface area contributed by atoms with E-state index in [1.165, 1.54) is 6.92 Å². The van der Waals surface area contributed by atoms with Crippen molar-refractivity contribution in [1.29, 1.82) is 0 Å². The first kappa shape index (κ1) is 12.6. The predicted octanol–water partition coefficient (Wildman–Crippen LogP) is 0.391. The normalized spacial score (nSPS) is 15.1. The zero-order valence-corrected chi connectivity index (χ0v) is 10.2. The van der Waals surface area contributed by atoms with E-state index in [1.807, 2.05) is 12.1 Å². The first-order valence-corrected chi connectivity index (χ1v) is 5.87. The number of rotatable bonds is 3. The van der Waals surface area contributed by atoms with Crippen LogP contribution in [0.25, 0.3) is 0 Å². The van der Waals surface area contributed by atoms with E-state index >= 15 is 0 Å². The summed E-state index contributed by atoms with van der Waals surface area (Å²) in [5.41, 5.74) is 1.62. The monoisotopic (exact) mass is 248 g/mol. The van der Waals surface area contributed by atoms with Crippen LogP contribution in [0.1, 0.15) is 12.5 Å². The van der Waals surface area contributed by atoms with Crippen molar-refractivity contribution in [3.05, 3.63) is 29.8 Å². The molecule has 1 fully saturated rings. The summed E-state index contributed by atoms with van der Waals surface area (Å²) in [6.45, 7) is 2.32. The van der Waals surface area contributed by atoms with Crippen molar-refractivity contribution < 1.29 is 14.7 Å². The predicted molar refractivity (Wildman–Crippen MR) is 67.0 cm³/mol. The summed E-state index contributed by atoms with van der Waals surface area (Å²) >= 11 is 0. The summed E-state index contributed by atoms with van der Waals surface area (Å²) in [6.07, 6.45) is -0.0383. The van der Waals surface area contributed by atoms with Gasteiger partial charge in [-0.05, 0) is 17.7 Å². The van der Waals surface area contributed by atoms with Gasteiger partial charge in [0, 0.05) is 25.7 Å². The third kappa shape index (κ3) is 3.07. The number of hydrogen-bond donors (Lipinski definition) is 2. The molecule has 1 saturated heterocycles. The molecule has 1 aliphatic rings. The zero-order chi connectivity index (χ0) is 13.1. The average molecular weight is 248 g/mol. The van der Waals surface area contributed by atoms with Gasteiger partial charge in [0.25, 0.3) is 0 Å². The van der Waals surface area contributed by atoms with Crippen molar-refractivity contribution in [3.63, 3.8) is 0 Å². The van der Waals surface area contributed by atoms with E-state index in [9.17, 15) is 9.59 Å². The fourth-order valence-electron chi connectivity index (χ4n) is 1.85. The Labute approximate surface area is 105 Å². The molecule has 0 bridgehead atoms. The summed E-state index contributed by atoms with van der Waals surface area (Å²) in [5, 5.41) is 11.8. The van der Waals surface area contributed by atoms with Crippen LogP contribution in [0.4, 0.5) is 5.69 Å². The minimum Gasteiger partial charge on any atom is -0.389 e. The number of aliphatic hydroxyl groups is 1. The first-order chi connectivity index (χ1) is 8.54. The van der Waals surface area contributed by atoms with E-state index in [-0.39, 0.29) is 17.9 Å². The van der Waals surface area contributed by atoms with E-state index in [4.69, 9.17) is 5.11 Å². The molecule has 0 radical (unpaired) electrons. The van der Waals surface area contributed by atoms with Crippen molar-refractivity contribution >= 4 is 17.5 Å². The fourth-order valence-corrected chi connectivity index (χ4v) is 1.85. The molecule has 1 heterocycles. The molecule has 2 N–H and O–H groups in total. The van der Waals surface area contributed by atoms with Crippen LogP contribution in [0.15, 0.2) is 24.3 Å². The minimum atomic E-state index is -0.365. The van der Waals surface area contributed by atoms with Crippen LogP contribution in [0.3, 0.4) is 0 Å². The Bertz CT molecular complexity index is 450. The molecule has 96 valence electrons. The van der Waals surface area contributed by atoms with Gasteiger partial charge in [-0.1, -0.05) is 12.1 Å². The number of carbonyl (C=O) groups is 2. The van der Waals surface area contributed by atoms with Gasteiger partial charge in [-0.25, -0.2) is 0 Å². The summed E-state index contributed by atoms with van der Waals surface area (Å²) < 4.78 is 0. The Kier molecular flexibility index (Phi) is 3.62. The van der Waals surface area contributed by atoms with Crippen LogP contribution < -0.4 is 5.32 Å². The van der Waals surface area contributed by atoms with Gasteiger partial charge in [0.2, 0.25) is 11.8 Å². The lowest BCUT2D eigenvalue weighted by atomic mass is 10.1. The third-order valence-corrected chi connectivity index (χ3v) is 2.84. The molecule has 1 aromatic carbocycles. The Morgan fingerprint density at radius 1 is 1.33 bits per heavy atom. The number of nitrogens with one attached hydrogen (secondary N) is 1. The van der Waals surface area contributed by atoms with Crippen LogP contribution in [-0.4, -0.2) is 41.0 Å². The number of carbonyl (C=O) groups excluding carboxylic acids is 2.